The summed E-state index contributed by atoms with van der Waals surface area (Å²) in [6, 6.07) is 7.39. The van der Waals surface area contributed by atoms with Gasteiger partial charge in [-0.15, -0.1) is 0 Å². The number of hydrogen-bond acceptors (Lipinski definition) is 6. The van der Waals surface area contributed by atoms with Crippen LogP contribution in [0.1, 0.15) is 11.3 Å². The molecule has 0 saturated carbocycles. The zero-order chi connectivity index (χ0) is 15.4. The van der Waals surface area contributed by atoms with Crippen molar-refractivity contribution < 1.29 is 4.92 Å². The van der Waals surface area contributed by atoms with E-state index in [2.05, 4.69) is 15.3 Å². The molecule has 0 bridgehead atoms. The molecule has 21 heavy (non-hydrogen) atoms. The van der Waals surface area contributed by atoms with Gasteiger partial charge in [-0.1, -0.05) is 41.6 Å². The Balaban J connectivity index is 2.32. The summed E-state index contributed by atoms with van der Waals surface area (Å²) in [4.78, 5) is 18.9. The third-order valence-corrected chi connectivity index (χ3v) is 4.14. The van der Waals surface area contributed by atoms with E-state index in [9.17, 15) is 10.1 Å². The quantitative estimate of drug-likeness (QED) is 0.391. The first kappa shape index (κ1) is 15.5. The van der Waals surface area contributed by atoms with Crippen molar-refractivity contribution in [2.75, 3.05) is 12.4 Å². The maximum absolute atomic E-state index is 11.2. The normalized spacial score (nSPS) is 10.4. The zero-order valence-electron chi connectivity index (χ0n) is 11.5. The van der Waals surface area contributed by atoms with E-state index in [0.29, 0.717) is 27.4 Å². The second-order valence-electron chi connectivity index (χ2n) is 4.17. The molecular formula is C13H13ClN4O2S. The lowest BCUT2D eigenvalue weighted by Crippen LogP contribution is -2.04. The Morgan fingerprint density at radius 3 is 2.71 bits per heavy atom. The molecule has 0 spiro atoms. The summed E-state index contributed by atoms with van der Waals surface area (Å²) in [7, 11) is 1.67. The van der Waals surface area contributed by atoms with E-state index in [1.165, 1.54) is 11.8 Å². The van der Waals surface area contributed by atoms with Gasteiger partial charge >= 0.3 is 5.69 Å². The van der Waals surface area contributed by atoms with E-state index in [0.717, 1.165) is 5.56 Å². The van der Waals surface area contributed by atoms with Crippen molar-refractivity contribution in [3.05, 3.63) is 50.7 Å². The van der Waals surface area contributed by atoms with Crippen LogP contribution in [0.2, 0.25) is 5.02 Å². The highest BCUT2D eigenvalue weighted by Gasteiger charge is 2.22. The van der Waals surface area contributed by atoms with Gasteiger partial charge in [0.15, 0.2) is 5.03 Å². The molecule has 0 amide bonds. The molecule has 2 rings (SSSR count). The van der Waals surface area contributed by atoms with Gasteiger partial charge in [0, 0.05) is 17.8 Å². The van der Waals surface area contributed by atoms with E-state index in [1.54, 1.807) is 20.0 Å². The predicted octanol–water partition coefficient (Wildman–Crippen LogP) is 3.68. The Labute approximate surface area is 131 Å². The van der Waals surface area contributed by atoms with Crippen LogP contribution in [-0.4, -0.2) is 21.9 Å². The first-order valence-electron chi connectivity index (χ1n) is 6.10. The van der Waals surface area contributed by atoms with Crippen molar-refractivity contribution in [3.8, 4) is 0 Å². The molecule has 0 aliphatic rings. The molecule has 110 valence electrons. The molecule has 8 heteroatoms. The molecule has 1 N–H and O–H groups in total. The van der Waals surface area contributed by atoms with Crippen LogP contribution in [0.4, 0.5) is 11.6 Å². The molecule has 0 aliphatic heterocycles. The van der Waals surface area contributed by atoms with Crippen molar-refractivity contribution in [2.45, 2.75) is 17.7 Å². The van der Waals surface area contributed by atoms with Crippen LogP contribution in [0, 0.1) is 17.0 Å². The molecule has 1 heterocycles. The van der Waals surface area contributed by atoms with Gasteiger partial charge in [-0.2, -0.15) is 4.98 Å². The first-order chi connectivity index (χ1) is 10.0. The van der Waals surface area contributed by atoms with Crippen LogP contribution in [0.15, 0.2) is 29.3 Å². The second-order valence-corrected chi connectivity index (χ2v) is 5.54. The van der Waals surface area contributed by atoms with Crippen molar-refractivity contribution in [1.82, 2.24) is 9.97 Å². The molecule has 1 aromatic heterocycles. The highest BCUT2D eigenvalue weighted by Crippen LogP contribution is 2.33. The Kier molecular flexibility index (Phi) is 4.98. The predicted molar refractivity (Wildman–Crippen MR) is 84.0 cm³/mol. The van der Waals surface area contributed by atoms with Gasteiger partial charge in [-0.3, -0.25) is 10.1 Å². The third-order valence-electron chi connectivity index (χ3n) is 2.75. The molecular weight excluding hydrogens is 312 g/mol. The number of aryl methyl sites for hydroxylation is 1. The van der Waals surface area contributed by atoms with Gasteiger partial charge in [-0.05, 0) is 18.6 Å². The summed E-state index contributed by atoms with van der Waals surface area (Å²) >= 11 is 7.36. The first-order valence-corrected chi connectivity index (χ1v) is 7.46. The lowest BCUT2D eigenvalue weighted by molar-refractivity contribution is -0.389. The number of hydrogen-bond donors (Lipinski definition) is 1. The second kappa shape index (κ2) is 6.73. The van der Waals surface area contributed by atoms with Gasteiger partial charge in [0.25, 0.3) is 0 Å². The van der Waals surface area contributed by atoms with E-state index < -0.39 is 4.92 Å². The van der Waals surface area contributed by atoms with Crippen molar-refractivity contribution in [1.29, 1.82) is 0 Å². The van der Waals surface area contributed by atoms with Crippen molar-refractivity contribution in [2.24, 2.45) is 0 Å². The summed E-state index contributed by atoms with van der Waals surface area (Å²) in [5, 5.41) is 14.9. The lowest BCUT2D eigenvalue weighted by Gasteiger charge is -2.07. The SMILES string of the molecule is CNc1nc(C)c([N+](=O)[O-])c(SCc2ccccc2Cl)n1. The number of halogens is 1. The van der Waals surface area contributed by atoms with E-state index in [-0.39, 0.29) is 5.69 Å². The van der Waals surface area contributed by atoms with Crippen molar-refractivity contribution in [3.63, 3.8) is 0 Å². The fraction of sp³-hybridized carbons (Fsp3) is 0.231. The van der Waals surface area contributed by atoms with E-state index in [4.69, 9.17) is 11.6 Å². The van der Waals surface area contributed by atoms with Gasteiger partial charge in [-0.25, -0.2) is 4.98 Å². The van der Waals surface area contributed by atoms with Crippen LogP contribution < -0.4 is 5.32 Å². The number of anilines is 1. The van der Waals surface area contributed by atoms with Crippen LogP contribution in [0.3, 0.4) is 0 Å². The Hall–Kier alpha value is -1.86. The summed E-state index contributed by atoms with van der Waals surface area (Å²) < 4.78 is 0. The van der Waals surface area contributed by atoms with Crippen LogP contribution in [0.5, 0.6) is 0 Å². The summed E-state index contributed by atoms with van der Waals surface area (Å²) in [6.45, 7) is 1.60. The average Bonchev–Trinajstić information content (AvgIpc) is 2.45. The fourth-order valence-electron chi connectivity index (χ4n) is 1.72. The largest absolute Gasteiger partial charge is 0.357 e. The number of nitro groups is 1. The topological polar surface area (TPSA) is 81.0 Å². The Morgan fingerprint density at radius 1 is 1.38 bits per heavy atom. The standard InChI is InChI=1S/C13H13ClN4O2S/c1-8-11(18(19)20)12(17-13(15-2)16-8)21-7-9-5-3-4-6-10(9)14/h3-6H,7H2,1-2H3,(H,15,16,17). The molecule has 0 saturated heterocycles. The maximum atomic E-state index is 11.2. The minimum absolute atomic E-state index is 0.0638. The van der Waals surface area contributed by atoms with E-state index in [1.807, 2.05) is 18.2 Å². The molecule has 0 aliphatic carbocycles. The average molecular weight is 325 g/mol. The highest BCUT2D eigenvalue weighted by atomic mass is 35.5. The number of rotatable bonds is 5. The maximum Gasteiger partial charge on any atom is 0.322 e. The van der Waals surface area contributed by atoms with Crippen LogP contribution in [0.25, 0.3) is 0 Å². The Morgan fingerprint density at radius 2 is 2.10 bits per heavy atom. The minimum Gasteiger partial charge on any atom is -0.357 e. The summed E-state index contributed by atoms with van der Waals surface area (Å²) in [5.41, 5.74) is 1.17. The molecule has 0 unspecified atom stereocenters. The highest BCUT2D eigenvalue weighted by molar-refractivity contribution is 7.98. The fourth-order valence-corrected chi connectivity index (χ4v) is 3.06. The number of aromatic nitrogens is 2. The molecule has 6 nitrogen and oxygen atoms in total. The molecule has 1 aromatic carbocycles. The molecule has 2 aromatic rings. The smallest absolute Gasteiger partial charge is 0.322 e. The van der Waals surface area contributed by atoms with Crippen LogP contribution >= 0.6 is 23.4 Å². The van der Waals surface area contributed by atoms with Crippen LogP contribution in [-0.2, 0) is 5.75 Å². The third kappa shape index (κ3) is 3.62. The van der Waals surface area contributed by atoms with Gasteiger partial charge in [0.1, 0.15) is 5.69 Å². The molecule has 0 fully saturated rings. The number of benzene rings is 1. The Bertz CT molecular complexity index is 681. The van der Waals surface area contributed by atoms with Gasteiger partial charge in [0.05, 0.1) is 4.92 Å². The molecule has 0 atom stereocenters. The van der Waals surface area contributed by atoms with Crippen molar-refractivity contribution >= 4 is 35.0 Å². The summed E-state index contributed by atoms with van der Waals surface area (Å²) in [6.07, 6.45) is 0. The minimum atomic E-state index is -0.455. The molecule has 0 radical (unpaired) electrons. The number of nitrogens with one attached hydrogen (secondary N) is 1. The zero-order valence-corrected chi connectivity index (χ0v) is 13.0. The monoisotopic (exact) mass is 324 g/mol. The summed E-state index contributed by atoms with van der Waals surface area (Å²) in [5.74, 6) is 0.861. The van der Waals surface area contributed by atoms with E-state index >= 15 is 0 Å². The number of nitrogens with zero attached hydrogens (tertiary/aromatic N) is 3. The van der Waals surface area contributed by atoms with Gasteiger partial charge in [0.2, 0.25) is 5.95 Å². The lowest BCUT2D eigenvalue weighted by atomic mass is 10.2. The number of thioether (sulfide) groups is 1. The van der Waals surface area contributed by atoms with Gasteiger partial charge < -0.3 is 5.32 Å².